The number of benzene rings is 2. The third-order valence-corrected chi connectivity index (χ3v) is 7.22. The number of alkyl carbamates (subject to hydrolysis) is 1. The van der Waals surface area contributed by atoms with E-state index in [4.69, 9.17) is 4.74 Å². The first kappa shape index (κ1) is 21.5. The van der Waals surface area contributed by atoms with E-state index in [9.17, 15) is 19.5 Å². The number of aliphatic carboxylic acids is 1. The van der Waals surface area contributed by atoms with Crippen LogP contribution in [0.3, 0.4) is 0 Å². The van der Waals surface area contributed by atoms with Crippen LogP contribution in [-0.4, -0.2) is 53.2 Å². The van der Waals surface area contributed by atoms with Gasteiger partial charge in [-0.3, -0.25) is 4.79 Å². The van der Waals surface area contributed by atoms with Crippen LogP contribution in [0.5, 0.6) is 0 Å². The monoisotopic (exact) mass is 448 g/mol. The van der Waals surface area contributed by atoms with Crippen molar-refractivity contribution in [2.45, 2.75) is 50.1 Å². The number of carbonyl (C=O) groups excluding carboxylic acids is 2. The SMILES string of the molecule is O=C(NC1CC(CC(=O)N2CCC[C@H]2C(=O)O)C1)OCC1c2ccccc2-c2ccccc21. The number of nitrogens with one attached hydrogen (secondary N) is 1. The van der Waals surface area contributed by atoms with Crippen molar-refractivity contribution in [3.63, 3.8) is 0 Å². The van der Waals surface area contributed by atoms with Crippen LogP contribution in [0.15, 0.2) is 48.5 Å². The molecule has 0 unspecified atom stereocenters. The van der Waals surface area contributed by atoms with Gasteiger partial charge in [0.2, 0.25) is 5.91 Å². The lowest BCUT2D eigenvalue weighted by atomic mass is 9.78. The largest absolute Gasteiger partial charge is 0.480 e. The van der Waals surface area contributed by atoms with Gasteiger partial charge in [-0.25, -0.2) is 9.59 Å². The minimum absolute atomic E-state index is 0.00713. The van der Waals surface area contributed by atoms with Crippen molar-refractivity contribution in [3.05, 3.63) is 59.7 Å². The third kappa shape index (κ3) is 4.19. The molecule has 2 aromatic carbocycles. The number of carboxylic acids is 1. The minimum atomic E-state index is -0.927. The van der Waals surface area contributed by atoms with Crippen molar-refractivity contribution in [1.82, 2.24) is 10.2 Å². The summed E-state index contributed by atoms with van der Waals surface area (Å²) >= 11 is 0. The molecule has 2 amide bonds. The van der Waals surface area contributed by atoms with Crippen LogP contribution in [0.25, 0.3) is 11.1 Å². The average Bonchev–Trinajstić information content (AvgIpc) is 3.40. The summed E-state index contributed by atoms with van der Waals surface area (Å²) < 4.78 is 5.59. The predicted octanol–water partition coefficient (Wildman–Crippen LogP) is 3.77. The minimum Gasteiger partial charge on any atom is -0.480 e. The topological polar surface area (TPSA) is 95.9 Å². The summed E-state index contributed by atoms with van der Waals surface area (Å²) in [6.07, 6.45) is 2.59. The number of likely N-dealkylation sites (tertiary alicyclic amines) is 1. The molecular formula is C26H28N2O5. The van der Waals surface area contributed by atoms with E-state index in [0.717, 1.165) is 6.42 Å². The quantitative estimate of drug-likeness (QED) is 0.701. The van der Waals surface area contributed by atoms with Gasteiger partial charge in [0.15, 0.2) is 0 Å². The van der Waals surface area contributed by atoms with Gasteiger partial charge >= 0.3 is 12.1 Å². The van der Waals surface area contributed by atoms with Crippen LogP contribution >= 0.6 is 0 Å². The smallest absolute Gasteiger partial charge is 0.407 e. The molecule has 0 bridgehead atoms. The molecule has 1 saturated heterocycles. The van der Waals surface area contributed by atoms with E-state index in [-0.39, 0.29) is 30.4 Å². The van der Waals surface area contributed by atoms with E-state index in [1.165, 1.54) is 27.2 Å². The first-order chi connectivity index (χ1) is 16.0. The van der Waals surface area contributed by atoms with Gasteiger partial charge in [-0.05, 0) is 53.9 Å². The number of amides is 2. The first-order valence-corrected chi connectivity index (χ1v) is 11.6. The summed E-state index contributed by atoms with van der Waals surface area (Å²) in [6.45, 7) is 0.796. The van der Waals surface area contributed by atoms with E-state index in [2.05, 4.69) is 29.6 Å². The number of fused-ring (bicyclic) bond motifs is 3. The number of hydrogen-bond donors (Lipinski definition) is 2. The van der Waals surface area contributed by atoms with Crippen LogP contribution in [-0.2, 0) is 14.3 Å². The molecule has 2 aliphatic carbocycles. The Morgan fingerprint density at radius 3 is 2.27 bits per heavy atom. The second-order valence-electron chi connectivity index (χ2n) is 9.29. The Hall–Kier alpha value is -3.35. The zero-order valence-corrected chi connectivity index (χ0v) is 18.4. The molecule has 7 nitrogen and oxygen atoms in total. The van der Waals surface area contributed by atoms with E-state index < -0.39 is 18.1 Å². The maximum absolute atomic E-state index is 12.5. The van der Waals surface area contributed by atoms with E-state index in [0.29, 0.717) is 32.2 Å². The Labute approximate surface area is 192 Å². The van der Waals surface area contributed by atoms with E-state index in [1.807, 2.05) is 24.3 Å². The van der Waals surface area contributed by atoms with Crippen LogP contribution < -0.4 is 5.32 Å². The molecule has 1 heterocycles. The summed E-state index contributed by atoms with van der Waals surface area (Å²) in [5.41, 5.74) is 4.74. The molecule has 1 aliphatic heterocycles. The van der Waals surface area contributed by atoms with Gasteiger partial charge in [0.25, 0.3) is 0 Å². The molecule has 33 heavy (non-hydrogen) atoms. The molecule has 5 rings (SSSR count). The highest BCUT2D eigenvalue weighted by Crippen LogP contribution is 2.44. The van der Waals surface area contributed by atoms with Crippen molar-refractivity contribution in [2.75, 3.05) is 13.2 Å². The van der Waals surface area contributed by atoms with E-state index >= 15 is 0 Å². The number of nitrogens with zero attached hydrogens (tertiary/aromatic N) is 1. The van der Waals surface area contributed by atoms with Crippen molar-refractivity contribution in [3.8, 4) is 11.1 Å². The molecule has 3 aliphatic rings. The number of carboxylic acid groups (broad SMARTS) is 1. The zero-order valence-electron chi connectivity index (χ0n) is 18.4. The Kier molecular flexibility index (Phi) is 5.79. The molecule has 172 valence electrons. The van der Waals surface area contributed by atoms with Crippen molar-refractivity contribution in [2.24, 2.45) is 5.92 Å². The Balaban J connectivity index is 1.09. The lowest BCUT2D eigenvalue weighted by Crippen LogP contribution is -2.47. The fraction of sp³-hybridized carbons (Fsp3) is 0.423. The third-order valence-electron chi connectivity index (χ3n) is 7.22. The summed E-state index contributed by atoms with van der Waals surface area (Å²) in [7, 11) is 0. The predicted molar refractivity (Wildman–Crippen MR) is 122 cm³/mol. The highest BCUT2D eigenvalue weighted by Gasteiger charge is 2.38. The highest BCUT2D eigenvalue weighted by atomic mass is 16.5. The Morgan fingerprint density at radius 1 is 1.00 bits per heavy atom. The number of ether oxygens (including phenoxy) is 1. The molecule has 0 aromatic heterocycles. The van der Waals surface area contributed by atoms with Gasteiger partial charge in [0, 0.05) is 24.9 Å². The zero-order chi connectivity index (χ0) is 22.9. The molecule has 1 saturated carbocycles. The molecule has 7 heteroatoms. The maximum atomic E-state index is 12.5. The summed E-state index contributed by atoms with van der Waals surface area (Å²) in [5.74, 6) is -0.822. The number of hydrogen-bond acceptors (Lipinski definition) is 4. The lowest BCUT2D eigenvalue weighted by Gasteiger charge is -2.36. The van der Waals surface area contributed by atoms with Gasteiger partial charge in [-0.1, -0.05) is 48.5 Å². The normalized spacial score (nSPS) is 23.4. The molecule has 0 spiro atoms. The van der Waals surface area contributed by atoms with Crippen LogP contribution in [0.1, 0.15) is 49.1 Å². The molecular weight excluding hydrogens is 420 g/mol. The van der Waals surface area contributed by atoms with Crippen LogP contribution in [0, 0.1) is 5.92 Å². The van der Waals surface area contributed by atoms with Gasteiger partial charge in [-0.15, -0.1) is 0 Å². The van der Waals surface area contributed by atoms with Gasteiger partial charge < -0.3 is 20.1 Å². The maximum Gasteiger partial charge on any atom is 0.407 e. The molecule has 0 radical (unpaired) electrons. The highest BCUT2D eigenvalue weighted by molar-refractivity contribution is 5.84. The fourth-order valence-electron chi connectivity index (χ4n) is 5.51. The van der Waals surface area contributed by atoms with Crippen molar-refractivity contribution >= 4 is 18.0 Å². The Morgan fingerprint density at radius 2 is 1.64 bits per heavy atom. The number of carbonyl (C=O) groups is 3. The lowest BCUT2D eigenvalue weighted by molar-refractivity contribution is -0.148. The average molecular weight is 449 g/mol. The summed E-state index contributed by atoms with van der Waals surface area (Å²) in [5, 5.41) is 12.2. The van der Waals surface area contributed by atoms with Crippen molar-refractivity contribution in [1.29, 1.82) is 0 Å². The van der Waals surface area contributed by atoms with Crippen molar-refractivity contribution < 1.29 is 24.2 Å². The molecule has 2 N–H and O–H groups in total. The standard InChI is InChI=1S/C26H28N2O5/c29-24(28-11-5-10-23(28)25(30)31)14-16-12-17(13-16)27-26(32)33-15-22-20-8-3-1-6-18(20)19-7-2-4-9-21(19)22/h1-4,6-9,16-17,22-23H,5,10-15H2,(H,27,32)(H,30,31)/t16?,17?,23-/m0/s1. The number of rotatable bonds is 6. The molecule has 2 fully saturated rings. The van der Waals surface area contributed by atoms with Gasteiger partial charge in [0.05, 0.1) is 0 Å². The second-order valence-corrected chi connectivity index (χ2v) is 9.29. The van der Waals surface area contributed by atoms with Gasteiger partial charge in [-0.2, -0.15) is 0 Å². The summed E-state index contributed by atoms with van der Waals surface area (Å²) in [4.78, 5) is 37.7. The van der Waals surface area contributed by atoms with Crippen LogP contribution in [0.2, 0.25) is 0 Å². The second kappa shape index (κ2) is 8.89. The van der Waals surface area contributed by atoms with Crippen LogP contribution in [0.4, 0.5) is 4.79 Å². The van der Waals surface area contributed by atoms with Gasteiger partial charge in [0.1, 0.15) is 12.6 Å². The Bertz CT molecular complexity index is 1030. The van der Waals surface area contributed by atoms with E-state index in [1.54, 1.807) is 0 Å². The first-order valence-electron chi connectivity index (χ1n) is 11.6. The molecule has 1 atom stereocenters. The molecule has 2 aromatic rings. The fourth-order valence-corrected chi connectivity index (χ4v) is 5.51. The summed E-state index contributed by atoms with van der Waals surface area (Å²) in [6, 6.07) is 15.7.